The Labute approximate surface area is 201 Å². The van der Waals surface area contributed by atoms with E-state index in [-0.39, 0.29) is 0 Å². The summed E-state index contributed by atoms with van der Waals surface area (Å²) >= 11 is 7.30. The second-order valence-corrected chi connectivity index (χ2v) is 12.4. The summed E-state index contributed by atoms with van der Waals surface area (Å²) in [4.78, 5) is 21.8. The van der Waals surface area contributed by atoms with Crippen LogP contribution in [-0.4, -0.2) is 6.29 Å². The average Bonchev–Trinajstić information content (AvgIpc) is 3.55. The van der Waals surface area contributed by atoms with E-state index < -0.39 is 0 Å². The zero-order valence-corrected chi connectivity index (χ0v) is 21.6. The van der Waals surface area contributed by atoms with Gasteiger partial charge in [0, 0.05) is 34.8 Å². The van der Waals surface area contributed by atoms with Crippen molar-refractivity contribution in [1.29, 1.82) is 0 Å². The number of carbonyl (C=O) groups excluding carboxylic acids is 1. The fourth-order valence-electron chi connectivity index (χ4n) is 3.77. The molecule has 5 heteroatoms. The molecule has 4 heterocycles. The minimum atomic E-state index is 0.841. The highest BCUT2D eigenvalue weighted by Gasteiger charge is 2.21. The Bertz CT molecular complexity index is 1150. The van der Waals surface area contributed by atoms with Crippen molar-refractivity contribution in [3.8, 4) is 29.9 Å². The normalized spacial score (nSPS) is 11.3. The van der Waals surface area contributed by atoms with Crippen molar-refractivity contribution in [2.24, 2.45) is 0 Å². The van der Waals surface area contributed by atoms with Crippen molar-refractivity contribution < 1.29 is 4.79 Å². The summed E-state index contributed by atoms with van der Waals surface area (Å²) in [5, 5.41) is 0. The summed E-state index contributed by atoms with van der Waals surface area (Å²) in [6.45, 7) is 6.63. The van der Waals surface area contributed by atoms with Crippen LogP contribution in [0.5, 0.6) is 0 Å². The highest BCUT2D eigenvalue weighted by atomic mass is 32.1. The molecule has 0 fully saturated rings. The maximum absolute atomic E-state index is 11.6. The van der Waals surface area contributed by atoms with Gasteiger partial charge < -0.3 is 0 Å². The van der Waals surface area contributed by atoms with Gasteiger partial charge in [0.2, 0.25) is 0 Å². The van der Waals surface area contributed by atoms with Gasteiger partial charge in [0.1, 0.15) is 0 Å². The third kappa shape index (κ3) is 5.11. The van der Waals surface area contributed by atoms with Gasteiger partial charge in [-0.15, -0.1) is 45.3 Å². The van der Waals surface area contributed by atoms with E-state index in [9.17, 15) is 4.79 Å². The molecule has 0 aliphatic carbocycles. The van der Waals surface area contributed by atoms with E-state index in [4.69, 9.17) is 0 Å². The number of hydrogen-bond acceptors (Lipinski definition) is 5. The summed E-state index contributed by atoms with van der Waals surface area (Å²) in [5.41, 5.74) is 2.66. The topological polar surface area (TPSA) is 17.1 Å². The molecule has 0 aliphatic rings. The third-order valence-electron chi connectivity index (χ3n) is 5.44. The molecule has 0 unspecified atom stereocenters. The predicted octanol–water partition coefficient (Wildman–Crippen LogP) is 9.74. The first-order valence-electron chi connectivity index (χ1n) is 11.0. The molecule has 4 aromatic heterocycles. The minimum absolute atomic E-state index is 0.841. The van der Waals surface area contributed by atoms with E-state index in [1.807, 2.05) is 34.0 Å². The molecule has 0 N–H and O–H groups in total. The summed E-state index contributed by atoms with van der Waals surface area (Å²) in [5.74, 6) is 0. The monoisotopic (exact) mass is 484 g/mol. The number of rotatable bonds is 10. The van der Waals surface area contributed by atoms with E-state index in [2.05, 4.69) is 57.2 Å². The van der Waals surface area contributed by atoms with Gasteiger partial charge in [-0.1, -0.05) is 33.1 Å². The van der Waals surface area contributed by atoms with Gasteiger partial charge in [0.15, 0.2) is 6.29 Å². The summed E-state index contributed by atoms with van der Waals surface area (Å²) in [7, 11) is 0. The fourth-order valence-corrected chi connectivity index (χ4v) is 8.13. The van der Waals surface area contributed by atoms with E-state index in [1.165, 1.54) is 71.0 Å². The summed E-state index contributed by atoms with van der Waals surface area (Å²) in [6.07, 6.45) is 8.10. The third-order valence-corrected chi connectivity index (χ3v) is 10.3. The summed E-state index contributed by atoms with van der Waals surface area (Å²) in [6, 6.07) is 13.5. The van der Waals surface area contributed by atoms with Crippen molar-refractivity contribution >= 4 is 51.6 Å². The van der Waals surface area contributed by atoms with Gasteiger partial charge in [-0.2, -0.15) is 0 Å². The fraction of sp³-hybridized carbons (Fsp3) is 0.346. The second-order valence-electron chi connectivity index (χ2n) is 7.81. The van der Waals surface area contributed by atoms with Crippen LogP contribution in [0.1, 0.15) is 64.5 Å². The molecule has 0 atom stereocenters. The van der Waals surface area contributed by atoms with Gasteiger partial charge in [-0.3, -0.25) is 4.79 Å². The van der Waals surface area contributed by atoms with Crippen LogP contribution in [0, 0.1) is 6.92 Å². The van der Waals surface area contributed by atoms with Crippen LogP contribution in [0.25, 0.3) is 29.9 Å². The molecule has 0 saturated heterocycles. The Morgan fingerprint density at radius 2 is 1.65 bits per heavy atom. The van der Waals surface area contributed by atoms with Gasteiger partial charge in [-0.05, 0) is 68.1 Å². The molecule has 1 nitrogen and oxygen atoms in total. The Morgan fingerprint density at radius 3 is 2.32 bits per heavy atom. The van der Waals surface area contributed by atoms with Crippen molar-refractivity contribution in [1.82, 2.24) is 0 Å². The van der Waals surface area contributed by atoms with Crippen molar-refractivity contribution in [3.63, 3.8) is 0 Å². The van der Waals surface area contributed by atoms with E-state index in [0.717, 1.165) is 24.0 Å². The zero-order chi connectivity index (χ0) is 21.8. The van der Waals surface area contributed by atoms with Crippen LogP contribution in [0.2, 0.25) is 0 Å². The Morgan fingerprint density at radius 1 is 0.806 bits per heavy atom. The van der Waals surface area contributed by atoms with Gasteiger partial charge in [0.05, 0.1) is 9.75 Å². The molecular formula is C26H28OS4. The van der Waals surface area contributed by atoms with Crippen molar-refractivity contribution in [2.75, 3.05) is 0 Å². The molecule has 0 radical (unpaired) electrons. The van der Waals surface area contributed by atoms with Crippen LogP contribution in [-0.2, 0) is 12.8 Å². The van der Waals surface area contributed by atoms with Crippen LogP contribution in [0.15, 0.2) is 36.4 Å². The average molecular weight is 485 g/mol. The quantitative estimate of drug-likeness (QED) is 0.162. The SMILES string of the molecule is CCCCCCc1cc(C=O)sc1-c1sc(-c2ccc(C)s2)cc1-c1ccc(CC)s1. The lowest BCUT2D eigenvalue weighted by Gasteiger charge is -2.05. The smallest absolute Gasteiger partial charge is 0.160 e. The molecule has 0 saturated carbocycles. The molecule has 0 bridgehead atoms. The van der Waals surface area contributed by atoms with E-state index >= 15 is 0 Å². The zero-order valence-electron chi connectivity index (χ0n) is 18.3. The Balaban J connectivity index is 1.80. The lowest BCUT2D eigenvalue weighted by Crippen LogP contribution is -1.86. The molecule has 0 spiro atoms. The minimum Gasteiger partial charge on any atom is -0.297 e. The lowest BCUT2D eigenvalue weighted by atomic mass is 10.0. The molecule has 0 aliphatic heterocycles. The van der Waals surface area contributed by atoms with Crippen LogP contribution in [0.4, 0.5) is 0 Å². The maximum atomic E-state index is 11.6. The molecule has 31 heavy (non-hydrogen) atoms. The molecule has 0 amide bonds. The predicted molar refractivity (Wildman–Crippen MR) is 142 cm³/mol. The van der Waals surface area contributed by atoms with Gasteiger partial charge in [0.25, 0.3) is 0 Å². The highest BCUT2D eigenvalue weighted by molar-refractivity contribution is 7.27. The van der Waals surface area contributed by atoms with E-state index in [1.54, 1.807) is 11.3 Å². The van der Waals surface area contributed by atoms with Crippen LogP contribution < -0.4 is 0 Å². The maximum Gasteiger partial charge on any atom is 0.160 e. The van der Waals surface area contributed by atoms with Gasteiger partial charge in [-0.25, -0.2) is 0 Å². The molecule has 162 valence electrons. The summed E-state index contributed by atoms with van der Waals surface area (Å²) < 4.78 is 0. The number of thiophene rings is 4. The van der Waals surface area contributed by atoms with Crippen LogP contribution >= 0.6 is 45.3 Å². The van der Waals surface area contributed by atoms with Gasteiger partial charge >= 0.3 is 0 Å². The highest BCUT2D eigenvalue weighted by Crippen LogP contribution is 2.49. The Kier molecular flexibility index (Phi) is 7.59. The molecular weight excluding hydrogens is 457 g/mol. The van der Waals surface area contributed by atoms with Crippen LogP contribution in [0.3, 0.4) is 0 Å². The molecule has 0 aromatic carbocycles. The first-order chi connectivity index (χ1) is 15.1. The number of aryl methyl sites for hydroxylation is 3. The molecule has 4 rings (SSSR count). The first-order valence-corrected chi connectivity index (χ1v) is 14.3. The largest absolute Gasteiger partial charge is 0.297 e. The van der Waals surface area contributed by atoms with E-state index in [0.29, 0.717) is 0 Å². The number of carbonyl (C=O) groups is 1. The number of aldehydes is 1. The standard InChI is InChI=1S/C26H28OS4/c1-4-6-7-8-9-18-14-20(16-27)30-25(18)26-21(22-13-11-19(5-2)29-22)15-24(31-26)23-12-10-17(3)28-23/h10-16H,4-9H2,1-3H3. The van der Waals surface area contributed by atoms with Crippen molar-refractivity contribution in [3.05, 3.63) is 56.6 Å². The second kappa shape index (κ2) is 10.4. The lowest BCUT2D eigenvalue weighted by molar-refractivity contribution is 0.112. The Hall–Kier alpha value is -1.53. The number of hydrogen-bond donors (Lipinski definition) is 0. The molecule has 4 aromatic rings. The first kappa shape index (κ1) is 22.7. The van der Waals surface area contributed by atoms with Crippen molar-refractivity contribution in [2.45, 2.75) is 59.3 Å². The number of unbranched alkanes of at least 4 members (excludes halogenated alkanes) is 3.